The Labute approximate surface area is 147 Å². The lowest BCUT2D eigenvalue weighted by atomic mass is 10.2. The molecule has 0 aliphatic rings. The predicted molar refractivity (Wildman–Crippen MR) is 99.4 cm³/mol. The van der Waals surface area contributed by atoms with Crippen LogP contribution in [0.4, 0.5) is 0 Å². The van der Waals surface area contributed by atoms with Crippen LogP contribution in [0.1, 0.15) is 35.1 Å². The van der Waals surface area contributed by atoms with Crippen LogP contribution >= 0.6 is 0 Å². The maximum absolute atomic E-state index is 13.1. The fourth-order valence-electron chi connectivity index (χ4n) is 2.83. The van der Waals surface area contributed by atoms with Crippen molar-refractivity contribution in [1.82, 2.24) is 19.3 Å². The zero-order valence-electron chi connectivity index (χ0n) is 14.6. The number of fused-ring (bicyclic) bond motifs is 1. The standard InChI is InChI=1S/C20H22N4O/c1-3-13-23(14-7-11-17-9-5-4-6-10-17)19(25)18-16(2)22-20-21-12-8-15-24(18)20/h4-12,15H,3,13-14H2,1-2H3. The topological polar surface area (TPSA) is 50.5 Å². The van der Waals surface area contributed by atoms with Crippen molar-refractivity contribution in [2.24, 2.45) is 0 Å². The number of carbonyl (C=O) groups excluding carboxylic acids is 1. The van der Waals surface area contributed by atoms with Gasteiger partial charge in [-0.1, -0.05) is 49.4 Å². The lowest BCUT2D eigenvalue weighted by Crippen LogP contribution is -2.33. The summed E-state index contributed by atoms with van der Waals surface area (Å²) in [6.45, 7) is 5.19. The number of rotatable bonds is 6. The summed E-state index contributed by atoms with van der Waals surface area (Å²) < 4.78 is 1.77. The van der Waals surface area contributed by atoms with E-state index in [1.54, 1.807) is 10.6 Å². The average molecular weight is 334 g/mol. The fourth-order valence-corrected chi connectivity index (χ4v) is 2.83. The molecular formula is C20H22N4O. The van der Waals surface area contributed by atoms with Crippen molar-refractivity contribution < 1.29 is 4.79 Å². The van der Waals surface area contributed by atoms with Crippen molar-refractivity contribution >= 4 is 17.8 Å². The highest BCUT2D eigenvalue weighted by Crippen LogP contribution is 2.13. The molecule has 0 atom stereocenters. The molecule has 0 fully saturated rings. The summed E-state index contributed by atoms with van der Waals surface area (Å²) in [6.07, 6.45) is 8.49. The molecule has 0 bridgehead atoms. The Morgan fingerprint density at radius 2 is 2.04 bits per heavy atom. The molecule has 1 amide bonds. The van der Waals surface area contributed by atoms with Crippen LogP contribution in [0.5, 0.6) is 0 Å². The molecular weight excluding hydrogens is 312 g/mol. The van der Waals surface area contributed by atoms with Crippen LogP contribution in [0, 0.1) is 6.92 Å². The molecule has 0 radical (unpaired) electrons. The number of aryl methyl sites for hydroxylation is 1. The van der Waals surface area contributed by atoms with Crippen molar-refractivity contribution in [3.05, 3.63) is 71.8 Å². The van der Waals surface area contributed by atoms with Crippen molar-refractivity contribution in [3.8, 4) is 0 Å². The third kappa shape index (κ3) is 3.76. The molecule has 25 heavy (non-hydrogen) atoms. The van der Waals surface area contributed by atoms with Crippen LogP contribution in [0.15, 0.2) is 54.9 Å². The molecule has 2 heterocycles. The van der Waals surface area contributed by atoms with Crippen molar-refractivity contribution in [1.29, 1.82) is 0 Å². The van der Waals surface area contributed by atoms with Gasteiger partial charge in [0, 0.05) is 25.5 Å². The van der Waals surface area contributed by atoms with Crippen LogP contribution < -0.4 is 0 Å². The smallest absolute Gasteiger partial charge is 0.273 e. The SMILES string of the molecule is CCCN(CC=Cc1ccccc1)C(=O)c1c(C)nc2ncccn12. The average Bonchev–Trinajstić information content (AvgIpc) is 2.97. The van der Waals surface area contributed by atoms with E-state index in [-0.39, 0.29) is 5.91 Å². The van der Waals surface area contributed by atoms with E-state index in [4.69, 9.17) is 0 Å². The second kappa shape index (κ2) is 7.75. The minimum absolute atomic E-state index is 0.0161. The van der Waals surface area contributed by atoms with Crippen molar-refractivity contribution in [2.75, 3.05) is 13.1 Å². The van der Waals surface area contributed by atoms with Gasteiger partial charge in [0.15, 0.2) is 0 Å². The first-order chi connectivity index (χ1) is 12.2. The highest BCUT2D eigenvalue weighted by Gasteiger charge is 2.21. The van der Waals surface area contributed by atoms with Crippen LogP contribution in [0.2, 0.25) is 0 Å². The Balaban J connectivity index is 1.83. The molecule has 0 aliphatic carbocycles. The Morgan fingerprint density at radius 1 is 1.24 bits per heavy atom. The Bertz CT molecular complexity index is 883. The molecule has 0 spiro atoms. The molecule has 5 heteroatoms. The maximum atomic E-state index is 13.1. The zero-order valence-corrected chi connectivity index (χ0v) is 14.6. The molecule has 2 aromatic heterocycles. The first-order valence-electron chi connectivity index (χ1n) is 8.51. The van der Waals surface area contributed by atoms with E-state index in [2.05, 4.69) is 16.9 Å². The number of carbonyl (C=O) groups is 1. The molecule has 0 unspecified atom stereocenters. The zero-order chi connectivity index (χ0) is 17.6. The first kappa shape index (κ1) is 16.9. The number of aromatic nitrogens is 3. The van der Waals surface area contributed by atoms with Gasteiger partial charge in [0.2, 0.25) is 5.78 Å². The number of amides is 1. The van der Waals surface area contributed by atoms with Crippen LogP contribution in [0.3, 0.4) is 0 Å². The fraction of sp³-hybridized carbons (Fsp3) is 0.250. The van der Waals surface area contributed by atoms with Gasteiger partial charge >= 0.3 is 0 Å². The van der Waals surface area contributed by atoms with Gasteiger partial charge in [-0.3, -0.25) is 9.20 Å². The third-order valence-electron chi connectivity index (χ3n) is 4.00. The molecule has 0 saturated carbocycles. The number of nitrogens with zero attached hydrogens (tertiary/aromatic N) is 4. The van der Waals surface area contributed by atoms with E-state index in [0.29, 0.717) is 30.3 Å². The summed E-state index contributed by atoms with van der Waals surface area (Å²) in [6, 6.07) is 11.9. The molecule has 1 aromatic carbocycles. The van der Waals surface area contributed by atoms with Crippen LogP contribution in [-0.2, 0) is 0 Å². The summed E-state index contributed by atoms with van der Waals surface area (Å²) in [5.41, 5.74) is 2.42. The van der Waals surface area contributed by atoms with Crippen molar-refractivity contribution in [2.45, 2.75) is 20.3 Å². The van der Waals surface area contributed by atoms with E-state index >= 15 is 0 Å². The summed E-state index contributed by atoms with van der Waals surface area (Å²) in [5, 5.41) is 0. The highest BCUT2D eigenvalue weighted by atomic mass is 16.2. The number of hydrogen-bond acceptors (Lipinski definition) is 3. The molecule has 128 valence electrons. The summed E-state index contributed by atoms with van der Waals surface area (Å²) in [4.78, 5) is 23.5. The van der Waals surface area contributed by atoms with Gasteiger partial charge in [-0.15, -0.1) is 0 Å². The largest absolute Gasteiger partial charge is 0.334 e. The van der Waals surface area contributed by atoms with Gasteiger partial charge in [-0.05, 0) is 25.0 Å². The Kier molecular flexibility index (Phi) is 5.23. The second-order valence-electron chi connectivity index (χ2n) is 5.90. The molecule has 3 aromatic rings. The van der Waals surface area contributed by atoms with E-state index in [0.717, 1.165) is 12.0 Å². The van der Waals surface area contributed by atoms with E-state index in [1.165, 1.54) is 0 Å². The minimum atomic E-state index is -0.0161. The number of hydrogen-bond donors (Lipinski definition) is 0. The number of imidazole rings is 1. The molecule has 3 rings (SSSR count). The van der Waals surface area contributed by atoms with Crippen LogP contribution in [0.25, 0.3) is 11.9 Å². The summed E-state index contributed by atoms with van der Waals surface area (Å²) in [7, 11) is 0. The Hall–Kier alpha value is -2.95. The highest BCUT2D eigenvalue weighted by molar-refractivity contribution is 5.94. The van der Waals surface area contributed by atoms with Crippen LogP contribution in [-0.4, -0.2) is 38.3 Å². The van der Waals surface area contributed by atoms with Crippen molar-refractivity contribution in [3.63, 3.8) is 0 Å². The molecule has 5 nitrogen and oxygen atoms in total. The molecule has 0 aliphatic heterocycles. The number of benzene rings is 1. The third-order valence-corrected chi connectivity index (χ3v) is 4.00. The van der Waals surface area contributed by atoms with E-state index in [1.807, 2.05) is 66.6 Å². The summed E-state index contributed by atoms with van der Waals surface area (Å²) in [5.74, 6) is 0.539. The maximum Gasteiger partial charge on any atom is 0.273 e. The lowest BCUT2D eigenvalue weighted by Gasteiger charge is -2.20. The Morgan fingerprint density at radius 3 is 2.80 bits per heavy atom. The second-order valence-corrected chi connectivity index (χ2v) is 5.90. The first-order valence-corrected chi connectivity index (χ1v) is 8.51. The molecule has 0 N–H and O–H groups in total. The van der Waals surface area contributed by atoms with Gasteiger partial charge in [-0.2, -0.15) is 0 Å². The van der Waals surface area contributed by atoms with E-state index in [9.17, 15) is 4.79 Å². The van der Waals surface area contributed by atoms with E-state index < -0.39 is 0 Å². The van der Waals surface area contributed by atoms with Gasteiger partial charge in [0.1, 0.15) is 5.69 Å². The minimum Gasteiger partial charge on any atom is -0.334 e. The predicted octanol–water partition coefficient (Wildman–Crippen LogP) is 3.60. The van der Waals surface area contributed by atoms with Gasteiger partial charge in [-0.25, -0.2) is 9.97 Å². The van der Waals surface area contributed by atoms with Gasteiger partial charge < -0.3 is 4.90 Å². The van der Waals surface area contributed by atoms with Gasteiger partial charge in [0.25, 0.3) is 5.91 Å². The monoisotopic (exact) mass is 334 g/mol. The summed E-state index contributed by atoms with van der Waals surface area (Å²) >= 11 is 0. The quantitative estimate of drug-likeness (QED) is 0.692. The normalized spacial score (nSPS) is 11.3. The van der Waals surface area contributed by atoms with Gasteiger partial charge in [0.05, 0.1) is 5.69 Å². The molecule has 0 saturated heterocycles. The lowest BCUT2D eigenvalue weighted by molar-refractivity contribution is 0.0766.